The molecule has 2 nitrogen and oxygen atoms in total. The lowest BCUT2D eigenvalue weighted by Gasteiger charge is -2.23. The second kappa shape index (κ2) is 2.68. The van der Waals surface area contributed by atoms with Gasteiger partial charge >= 0.3 is 0 Å². The van der Waals surface area contributed by atoms with Gasteiger partial charge in [0.05, 0.1) is 0 Å². The van der Waals surface area contributed by atoms with Crippen molar-refractivity contribution in [3.05, 3.63) is 0 Å². The molecule has 60 valence electrons. The van der Waals surface area contributed by atoms with Crippen molar-refractivity contribution in [2.24, 2.45) is 5.73 Å². The van der Waals surface area contributed by atoms with Crippen LogP contribution in [-0.4, -0.2) is 18.1 Å². The molecular formula is C7H15ClN2. The fourth-order valence-electron chi connectivity index (χ4n) is 2.16. The van der Waals surface area contributed by atoms with E-state index in [2.05, 4.69) is 5.32 Å². The summed E-state index contributed by atoms with van der Waals surface area (Å²) in [4.78, 5) is 0. The first-order chi connectivity index (χ1) is 4.35. The molecule has 0 amide bonds. The highest BCUT2D eigenvalue weighted by atomic mass is 35.5. The van der Waals surface area contributed by atoms with Gasteiger partial charge in [-0.2, -0.15) is 0 Å². The highest BCUT2D eigenvalue weighted by Gasteiger charge is 2.42. The van der Waals surface area contributed by atoms with Crippen LogP contribution in [0.5, 0.6) is 0 Å². The molecule has 0 saturated carbocycles. The van der Waals surface area contributed by atoms with Crippen molar-refractivity contribution in [3.8, 4) is 0 Å². The van der Waals surface area contributed by atoms with E-state index in [1.165, 1.54) is 25.7 Å². The van der Waals surface area contributed by atoms with Crippen molar-refractivity contribution in [2.75, 3.05) is 6.54 Å². The zero-order valence-electron chi connectivity index (χ0n) is 6.10. The molecule has 0 radical (unpaired) electrons. The van der Waals surface area contributed by atoms with Gasteiger partial charge in [-0.3, -0.25) is 0 Å². The first-order valence-electron chi connectivity index (χ1n) is 3.82. The molecule has 0 aliphatic carbocycles. The molecule has 0 atom stereocenters. The molecule has 2 rings (SSSR count). The van der Waals surface area contributed by atoms with Crippen LogP contribution in [0.3, 0.4) is 0 Å². The molecule has 10 heavy (non-hydrogen) atoms. The Morgan fingerprint density at radius 3 is 2.20 bits per heavy atom. The smallest absolute Gasteiger partial charge is 0.0307 e. The van der Waals surface area contributed by atoms with Crippen molar-refractivity contribution in [2.45, 2.75) is 37.3 Å². The van der Waals surface area contributed by atoms with Crippen LogP contribution in [0.15, 0.2) is 0 Å². The summed E-state index contributed by atoms with van der Waals surface area (Å²) in [5, 5.41) is 3.57. The minimum atomic E-state index is 0. The van der Waals surface area contributed by atoms with E-state index in [-0.39, 0.29) is 12.4 Å². The summed E-state index contributed by atoms with van der Waals surface area (Å²) in [7, 11) is 0. The third-order valence-electron chi connectivity index (χ3n) is 2.84. The van der Waals surface area contributed by atoms with Gasteiger partial charge in [0.1, 0.15) is 0 Å². The van der Waals surface area contributed by atoms with Crippen molar-refractivity contribution in [3.63, 3.8) is 0 Å². The Bertz CT molecular complexity index is 119. The average Bonchev–Trinajstić information content (AvgIpc) is 2.46. The van der Waals surface area contributed by atoms with Gasteiger partial charge in [-0.25, -0.2) is 0 Å². The number of halogens is 1. The van der Waals surface area contributed by atoms with Crippen LogP contribution >= 0.6 is 12.4 Å². The number of nitrogens with one attached hydrogen (secondary N) is 1. The van der Waals surface area contributed by atoms with Gasteiger partial charge in [-0.05, 0) is 25.7 Å². The molecule has 2 fully saturated rings. The van der Waals surface area contributed by atoms with Crippen molar-refractivity contribution < 1.29 is 0 Å². The van der Waals surface area contributed by atoms with E-state index in [9.17, 15) is 0 Å². The highest BCUT2D eigenvalue weighted by Crippen LogP contribution is 2.36. The molecule has 0 unspecified atom stereocenters. The Morgan fingerprint density at radius 1 is 1.40 bits per heavy atom. The zero-order valence-corrected chi connectivity index (χ0v) is 6.91. The molecule has 2 heterocycles. The summed E-state index contributed by atoms with van der Waals surface area (Å²) in [6, 6.07) is 0.813. The maximum absolute atomic E-state index is 5.64. The predicted molar refractivity (Wildman–Crippen MR) is 44.4 cm³/mol. The van der Waals surface area contributed by atoms with E-state index >= 15 is 0 Å². The normalized spacial score (nSPS) is 43.5. The lowest BCUT2D eigenvalue weighted by Crippen LogP contribution is -2.43. The summed E-state index contributed by atoms with van der Waals surface area (Å²) >= 11 is 0. The van der Waals surface area contributed by atoms with Gasteiger partial charge in [0.15, 0.2) is 0 Å². The zero-order chi connectivity index (χ0) is 6.32. The van der Waals surface area contributed by atoms with Crippen LogP contribution < -0.4 is 11.1 Å². The first kappa shape index (κ1) is 8.31. The quantitative estimate of drug-likeness (QED) is 0.595. The fraction of sp³-hybridized carbons (Fsp3) is 1.00. The molecule has 2 aliphatic heterocycles. The molecule has 0 spiro atoms. The van der Waals surface area contributed by atoms with Crippen LogP contribution in [-0.2, 0) is 0 Å². The third kappa shape index (κ3) is 1.04. The summed E-state index contributed by atoms with van der Waals surface area (Å²) < 4.78 is 0. The molecule has 3 N–H and O–H groups in total. The van der Waals surface area contributed by atoms with E-state index in [4.69, 9.17) is 5.73 Å². The minimum absolute atomic E-state index is 0. The maximum Gasteiger partial charge on any atom is 0.0307 e. The summed E-state index contributed by atoms with van der Waals surface area (Å²) in [5.74, 6) is 0. The molecule has 2 bridgehead atoms. The van der Waals surface area contributed by atoms with Crippen LogP contribution in [0, 0.1) is 0 Å². The SMILES string of the molecule is Cl.NCC12CCC(CC1)N2. The van der Waals surface area contributed by atoms with Gasteiger partial charge < -0.3 is 11.1 Å². The molecule has 0 aromatic rings. The van der Waals surface area contributed by atoms with E-state index in [0.717, 1.165) is 12.6 Å². The molecule has 0 aromatic carbocycles. The van der Waals surface area contributed by atoms with Crippen molar-refractivity contribution in [1.29, 1.82) is 0 Å². The lowest BCUT2D eigenvalue weighted by atomic mass is 9.88. The van der Waals surface area contributed by atoms with Gasteiger partial charge in [0.25, 0.3) is 0 Å². The van der Waals surface area contributed by atoms with Gasteiger partial charge in [0, 0.05) is 18.1 Å². The summed E-state index contributed by atoms with van der Waals surface area (Å²) in [6.07, 6.45) is 5.34. The van der Waals surface area contributed by atoms with Crippen molar-refractivity contribution in [1.82, 2.24) is 5.32 Å². The lowest BCUT2D eigenvalue weighted by molar-refractivity contribution is 0.396. The maximum atomic E-state index is 5.64. The largest absolute Gasteiger partial charge is 0.329 e. The van der Waals surface area contributed by atoms with Crippen molar-refractivity contribution >= 4 is 12.4 Å². The fourth-order valence-corrected chi connectivity index (χ4v) is 2.16. The Balaban J connectivity index is 0.000000500. The number of fused-ring (bicyclic) bond motifs is 2. The Kier molecular flexibility index (Phi) is 2.23. The van der Waals surface area contributed by atoms with E-state index in [0.29, 0.717) is 5.54 Å². The standard InChI is InChI=1S/C7H14N2.ClH/c8-5-7-3-1-6(9-7)2-4-7;/h6,9H,1-5,8H2;1H. The number of nitrogens with two attached hydrogens (primary N) is 1. The summed E-state index contributed by atoms with van der Waals surface area (Å²) in [5.41, 5.74) is 6.02. The van der Waals surface area contributed by atoms with Gasteiger partial charge in [-0.1, -0.05) is 0 Å². The topological polar surface area (TPSA) is 38.0 Å². The Labute approximate surface area is 68.0 Å². The monoisotopic (exact) mass is 162 g/mol. The number of rotatable bonds is 1. The van der Waals surface area contributed by atoms with Crippen LogP contribution in [0.2, 0.25) is 0 Å². The molecule has 0 aromatic heterocycles. The average molecular weight is 163 g/mol. The number of hydrogen-bond acceptors (Lipinski definition) is 2. The Morgan fingerprint density at radius 2 is 2.00 bits per heavy atom. The van der Waals surface area contributed by atoms with E-state index < -0.39 is 0 Å². The van der Waals surface area contributed by atoms with E-state index in [1.807, 2.05) is 0 Å². The minimum Gasteiger partial charge on any atom is -0.329 e. The Hall–Kier alpha value is 0.210. The van der Waals surface area contributed by atoms with E-state index in [1.54, 1.807) is 0 Å². The molecule has 2 saturated heterocycles. The third-order valence-corrected chi connectivity index (χ3v) is 2.84. The second-order valence-electron chi connectivity index (χ2n) is 3.40. The molecular weight excluding hydrogens is 148 g/mol. The highest BCUT2D eigenvalue weighted by molar-refractivity contribution is 5.85. The predicted octanol–water partition coefficient (Wildman–Crippen LogP) is 0.651. The summed E-state index contributed by atoms with van der Waals surface area (Å²) in [6.45, 7) is 0.837. The van der Waals surface area contributed by atoms with Gasteiger partial charge in [0.2, 0.25) is 0 Å². The van der Waals surface area contributed by atoms with Crippen LogP contribution in [0.25, 0.3) is 0 Å². The first-order valence-corrected chi connectivity index (χ1v) is 3.82. The number of hydrogen-bond donors (Lipinski definition) is 2. The second-order valence-corrected chi connectivity index (χ2v) is 3.40. The molecule has 3 heteroatoms. The van der Waals surface area contributed by atoms with Gasteiger partial charge in [-0.15, -0.1) is 12.4 Å². The van der Waals surface area contributed by atoms with Crippen LogP contribution in [0.4, 0.5) is 0 Å². The molecule has 2 aliphatic rings. The van der Waals surface area contributed by atoms with Crippen LogP contribution in [0.1, 0.15) is 25.7 Å².